The van der Waals surface area contributed by atoms with E-state index in [2.05, 4.69) is 72.7 Å². The summed E-state index contributed by atoms with van der Waals surface area (Å²) in [5, 5.41) is 5.10. The molecule has 0 atom stereocenters. The van der Waals surface area contributed by atoms with Crippen LogP contribution in [0.15, 0.2) is 48.5 Å². The molecule has 5 nitrogen and oxygen atoms in total. The minimum absolute atomic E-state index is 0.877. The highest BCUT2D eigenvalue weighted by Crippen LogP contribution is 2.37. The van der Waals surface area contributed by atoms with E-state index in [0.29, 0.717) is 0 Å². The van der Waals surface area contributed by atoms with Gasteiger partial charge in [0, 0.05) is 29.9 Å². The smallest absolute Gasteiger partial charge is 0.165 e. The van der Waals surface area contributed by atoms with E-state index in [0.717, 1.165) is 67.8 Å². The van der Waals surface area contributed by atoms with Gasteiger partial charge >= 0.3 is 0 Å². The second-order valence-corrected chi connectivity index (χ2v) is 9.67. The summed E-state index contributed by atoms with van der Waals surface area (Å²) in [7, 11) is 1.71. The number of anilines is 1. The fourth-order valence-corrected chi connectivity index (χ4v) is 5.51. The van der Waals surface area contributed by atoms with Gasteiger partial charge in [0.15, 0.2) is 5.65 Å². The van der Waals surface area contributed by atoms with Gasteiger partial charge in [0.2, 0.25) is 0 Å². The highest BCUT2D eigenvalue weighted by Gasteiger charge is 2.27. The van der Waals surface area contributed by atoms with Gasteiger partial charge in [-0.2, -0.15) is 9.61 Å². The molecular weight excluding hydrogens is 432 g/mol. The van der Waals surface area contributed by atoms with Gasteiger partial charge in [0.05, 0.1) is 12.8 Å². The van der Waals surface area contributed by atoms with Crippen LogP contribution in [-0.4, -0.2) is 34.8 Å². The van der Waals surface area contributed by atoms with Crippen molar-refractivity contribution < 1.29 is 4.74 Å². The molecule has 0 fully saturated rings. The average Bonchev–Trinajstić information content (AvgIpc) is 3.46. The fourth-order valence-electron chi connectivity index (χ4n) is 5.51. The molecule has 1 aliphatic rings. The van der Waals surface area contributed by atoms with Gasteiger partial charge in [-0.05, 0) is 81.2 Å². The van der Waals surface area contributed by atoms with Crippen molar-refractivity contribution in [3.05, 3.63) is 76.6 Å². The lowest BCUT2D eigenvalue weighted by molar-refractivity contribution is 0.414. The molecule has 5 heteroatoms. The van der Waals surface area contributed by atoms with Crippen molar-refractivity contribution in [1.29, 1.82) is 0 Å². The molecule has 5 rings (SSSR count). The second kappa shape index (κ2) is 10.1. The lowest BCUT2D eigenvalue weighted by Gasteiger charge is -2.27. The summed E-state index contributed by atoms with van der Waals surface area (Å²) in [5.74, 6) is 2.14. The van der Waals surface area contributed by atoms with E-state index in [4.69, 9.17) is 14.8 Å². The molecule has 2 aromatic heterocycles. The third kappa shape index (κ3) is 4.52. The lowest BCUT2D eigenvalue weighted by Crippen LogP contribution is -2.29. The molecule has 0 spiro atoms. The van der Waals surface area contributed by atoms with Gasteiger partial charge in [0.25, 0.3) is 0 Å². The second-order valence-electron chi connectivity index (χ2n) is 9.67. The van der Waals surface area contributed by atoms with E-state index in [1.165, 1.54) is 40.2 Å². The highest BCUT2D eigenvalue weighted by molar-refractivity contribution is 5.83. The number of nitrogens with zero attached hydrogens (tertiary/aromatic N) is 4. The number of fused-ring (bicyclic) bond motifs is 2. The molecule has 0 aliphatic heterocycles. The van der Waals surface area contributed by atoms with Crippen LogP contribution in [-0.2, 0) is 19.3 Å². The molecule has 0 bridgehead atoms. The Morgan fingerprint density at radius 3 is 2.60 bits per heavy atom. The molecule has 0 saturated heterocycles. The Morgan fingerprint density at radius 2 is 1.86 bits per heavy atom. The molecule has 0 saturated carbocycles. The zero-order valence-corrected chi connectivity index (χ0v) is 21.5. The van der Waals surface area contributed by atoms with Gasteiger partial charge < -0.3 is 9.64 Å². The van der Waals surface area contributed by atoms with Crippen LogP contribution >= 0.6 is 0 Å². The maximum atomic E-state index is 5.45. The first-order chi connectivity index (χ1) is 17.1. The van der Waals surface area contributed by atoms with Crippen LogP contribution < -0.4 is 9.64 Å². The Balaban J connectivity index is 1.58. The monoisotopic (exact) mass is 468 g/mol. The quantitative estimate of drug-likeness (QED) is 0.287. The Labute approximate surface area is 208 Å². The number of aryl methyl sites for hydroxylation is 4. The number of ether oxygens (including phenoxy) is 1. The molecular formula is C30H36N4O. The summed E-state index contributed by atoms with van der Waals surface area (Å²) in [5.41, 5.74) is 9.56. The van der Waals surface area contributed by atoms with Crippen LogP contribution in [0.2, 0.25) is 0 Å². The maximum Gasteiger partial charge on any atom is 0.165 e. The number of aromatic nitrogens is 3. The van der Waals surface area contributed by atoms with Crippen LogP contribution in [0.4, 0.5) is 5.82 Å². The van der Waals surface area contributed by atoms with Crippen LogP contribution in [0.5, 0.6) is 5.75 Å². The fraction of sp³-hybridized carbons (Fsp3) is 0.400. The van der Waals surface area contributed by atoms with Crippen LogP contribution in [0.1, 0.15) is 54.3 Å². The standard InChI is InChI=1S/C30H36N4O/c1-5-18-33(19-10-13-23-11-7-6-8-12-23)30-26-14-9-15-27(26)31-29-28(22(3)32-34(29)30)25-17-16-24(35-4)20-21(25)2/h6-8,11-12,16-17,20H,5,9-10,13-15,18-19H2,1-4H3. The minimum Gasteiger partial charge on any atom is -0.497 e. The number of hydrogen-bond donors (Lipinski definition) is 0. The Hall–Kier alpha value is -3.34. The van der Waals surface area contributed by atoms with E-state index in [-0.39, 0.29) is 0 Å². The summed E-state index contributed by atoms with van der Waals surface area (Å²) < 4.78 is 7.60. The van der Waals surface area contributed by atoms with E-state index < -0.39 is 0 Å². The van der Waals surface area contributed by atoms with Crippen molar-refractivity contribution in [1.82, 2.24) is 14.6 Å². The van der Waals surface area contributed by atoms with Crippen LogP contribution in [0.25, 0.3) is 16.8 Å². The molecule has 2 aromatic carbocycles. The predicted molar refractivity (Wildman–Crippen MR) is 144 cm³/mol. The predicted octanol–water partition coefficient (Wildman–Crippen LogP) is 6.36. The van der Waals surface area contributed by atoms with Crippen molar-refractivity contribution in [3.8, 4) is 16.9 Å². The maximum absolute atomic E-state index is 5.45. The largest absolute Gasteiger partial charge is 0.497 e. The summed E-state index contributed by atoms with van der Waals surface area (Å²) >= 11 is 0. The molecule has 0 amide bonds. The summed E-state index contributed by atoms with van der Waals surface area (Å²) in [6, 6.07) is 17.1. The van der Waals surface area contributed by atoms with Crippen LogP contribution in [0.3, 0.4) is 0 Å². The summed E-state index contributed by atoms with van der Waals surface area (Å²) in [6.45, 7) is 8.56. The topological polar surface area (TPSA) is 42.7 Å². The SMILES string of the molecule is CCCN(CCCc1ccccc1)c1c2c(nc3c(-c4ccc(OC)cc4C)c(C)nn13)CCC2. The molecule has 4 aromatic rings. The highest BCUT2D eigenvalue weighted by atomic mass is 16.5. The first-order valence-electron chi connectivity index (χ1n) is 13.0. The summed E-state index contributed by atoms with van der Waals surface area (Å²) in [4.78, 5) is 7.78. The number of hydrogen-bond acceptors (Lipinski definition) is 4. The first-order valence-corrected chi connectivity index (χ1v) is 13.0. The Morgan fingerprint density at radius 1 is 1.03 bits per heavy atom. The van der Waals surface area contributed by atoms with E-state index in [1.54, 1.807) is 7.11 Å². The van der Waals surface area contributed by atoms with E-state index >= 15 is 0 Å². The van der Waals surface area contributed by atoms with E-state index in [9.17, 15) is 0 Å². The zero-order chi connectivity index (χ0) is 24.4. The molecule has 0 unspecified atom stereocenters. The van der Waals surface area contributed by atoms with Gasteiger partial charge in [-0.3, -0.25) is 0 Å². The Bertz CT molecular complexity index is 1330. The van der Waals surface area contributed by atoms with Crippen molar-refractivity contribution in [2.24, 2.45) is 0 Å². The molecule has 182 valence electrons. The first kappa shape index (κ1) is 23.4. The molecule has 1 aliphatic carbocycles. The third-order valence-corrected chi connectivity index (χ3v) is 7.17. The van der Waals surface area contributed by atoms with Crippen molar-refractivity contribution in [2.75, 3.05) is 25.1 Å². The van der Waals surface area contributed by atoms with Crippen molar-refractivity contribution >= 4 is 11.5 Å². The average molecular weight is 469 g/mol. The minimum atomic E-state index is 0.877. The Kier molecular flexibility index (Phi) is 6.76. The molecule has 0 radical (unpaired) electrons. The van der Waals surface area contributed by atoms with Gasteiger partial charge in [-0.15, -0.1) is 0 Å². The molecule has 2 heterocycles. The number of rotatable bonds is 9. The number of benzene rings is 2. The van der Waals surface area contributed by atoms with Gasteiger partial charge in [0.1, 0.15) is 11.6 Å². The van der Waals surface area contributed by atoms with Crippen molar-refractivity contribution in [3.63, 3.8) is 0 Å². The third-order valence-electron chi connectivity index (χ3n) is 7.17. The zero-order valence-electron chi connectivity index (χ0n) is 21.5. The molecule has 35 heavy (non-hydrogen) atoms. The van der Waals surface area contributed by atoms with Gasteiger partial charge in [-0.25, -0.2) is 4.98 Å². The lowest BCUT2D eigenvalue weighted by atomic mass is 10.0. The summed E-state index contributed by atoms with van der Waals surface area (Å²) in [6.07, 6.45) is 6.62. The van der Waals surface area contributed by atoms with Gasteiger partial charge in [-0.1, -0.05) is 43.3 Å². The van der Waals surface area contributed by atoms with E-state index in [1.807, 2.05) is 6.07 Å². The normalized spacial score (nSPS) is 12.8. The van der Waals surface area contributed by atoms with Crippen molar-refractivity contribution in [2.45, 2.75) is 59.3 Å². The molecule has 0 N–H and O–H groups in total. The van der Waals surface area contributed by atoms with Crippen LogP contribution in [0, 0.1) is 13.8 Å². The number of methoxy groups -OCH3 is 1.